The summed E-state index contributed by atoms with van der Waals surface area (Å²) in [7, 11) is 0. The Labute approximate surface area is 124 Å². The van der Waals surface area contributed by atoms with Crippen molar-refractivity contribution in [2.75, 3.05) is 25.2 Å². The van der Waals surface area contributed by atoms with Crippen molar-refractivity contribution in [3.05, 3.63) is 35.6 Å². The van der Waals surface area contributed by atoms with Gasteiger partial charge in [-0.1, -0.05) is 25.1 Å². The maximum absolute atomic E-state index is 13.3. The number of aliphatic hydroxyl groups is 1. The van der Waals surface area contributed by atoms with Crippen LogP contribution < -0.4 is 5.32 Å². The Morgan fingerprint density at radius 2 is 2.15 bits per heavy atom. The number of nitrogens with one attached hydrogen (secondary N) is 1. The summed E-state index contributed by atoms with van der Waals surface area (Å²) in [6.07, 6.45) is 2.53. The number of hydrogen-bond donors (Lipinski definition) is 2. The molecule has 0 saturated heterocycles. The number of ether oxygens (including phenoxy) is 1. The van der Waals surface area contributed by atoms with Crippen molar-refractivity contribution in [2.24, 2.45) is 0 Å². The van der Waals surface area contributed by atoms with Crippen LogP contribution in [0.2, 0.25) is 0 Å². The van der Waals surface area contributed by atoms with Crippen LogP contribution in [-0.4, -0.2) is 42.4 Å². The highest BCUT2D eigenvalue weighted by Crippen LogP contribution is 2.07. The third-order valence-electron chi connectivity index (χ3n) is 3.03. The molecule has 0 aliphatic rings. The van der Waals surface area contributed by atoms with E-state index in [2.05, 4.69) is 18.5 Å². The van der Waals surface area contributed by atoms with Gasteiger partial charge in [-0.3, -0.25) is 0 Å². The lowest BCUT2D eigenvalue weighted by atomic mass is 10.2. The van der Waals surface area contributed by atoms with E-state index in [0.717, 1.165) is 12.2 Å². The lowest BCUT2D eigenvalue weighted by Crippen LogP contribution is -2.38. The summed E-state index contributed by atoms with van der Waals surface area (Å²) in [6, 6.07) is 6.92. The molecule has 0 aliphatic carbocycles. The molecule has 0 fully saturated rings. The molecule has 20 heavy (non-hydrogen) atoms. The molecule has 0 heterocycles. The monoisotopic (exact) mass is 301 g/mol. The fourth-order valence-electron chi connectivity index (χ4n) is 1.80. The van der Waals surface area contributed by atoms with Crippen molar-refractivity contribution in [3.8, 4) is 0 Å². The van der Waals surface area contributed by atoms with Crippen LogP contribution in [-0.2, 0) is 11.3 Å². The lowest BCUT2D eigenvalue weighted by Gasteiger charge is -2.18. The van der Waals surface area contributed by atoms with Gasteiger partial charge < -0.3 is 15.2 Å². The van der Waals surface area contributed by atoms with Gasteiger partial charge >= 0.3 is 0 Å². The quantitative estimate of drug-likeness (QED) is 0.696. The molecule has 2 atom stereocenters. The highest BCUT2D eigenvalue weighted by Gasteiger charge is 2.09. The minimum absolute atomic E-state index is 0.186. The minimum Gasteiger partial charge on any atom is -0.389 e. The van der Waals surface area contributed by atoms with Crippen LogP contribution in [0, 0.1) is 5.82 Å². The van der Waals surface area contributed by atoms with E-state index in [1.807, 2.05) is 0 Å². The number of rotatable bonds is 10. The zero-order valence-electron chi connectivity index (χ0n) is 12.1. The summed E-state index contributed by atoms with van der Waals surface area (Å²) in [5.74, 6) is 0.755. The molecular weight excluding hydrogens is 277 g/mol. The molecule has 0 saturated carbocycles. The lowest BCUT2D eigenvalue weighted by molar-refractivity contribution is 0.0269. The molecular formula is C15H24FNO2S. The first-order valence-corrected chi connectivity index (χ1v) is 8.28. The van der Waals surface area contributed by atoms with E-state index in [1.54, 1.807) is 30.0 Å². The normalized spacial score (nSPS) is 14.2. The SMILES string of the molecule is CCC(CSC)NCC(O)COCc1ccccc1F. The van der Waals surface area contributed by atoms with Gasteiger partial charge in [-0.15, -0.1) is 0 Å². The predicted molar refractivity (Wildman–Crippen MR) is 82.5 cm³/mol. The maximum Gasteiger partial charge on any atom is 0.128 e. The van der Waals surface area contributed by atoms with Crippen LogP contribution >= 0.6 is 11.8 Å². The number of benzene rings is 1. The van der Waals surface area contributed by atoms with Crippen LogP contribution in [0.5, 0.6) is 0 Å². The summed E-state index contributed by atoms with van der Waals surface area (Å²) in [5.41, 5.74) is 0.515. The Hall–Kier alpha value is -0.620. The number of hydrogen-bond acceptors (Lipinski definition) is 4. The molecule has 1 aromatic rings. The van der Waals surface area contributed by atoms with Crippen molar-refractivity contribution < 1.29 is 14.2 Å². The summed E-state index contributed by atoms with van der Waals surface area (Å²) < 4.78 is 18.7. The number of thioether (sulfide) groups is 1. The Bertz CT molecular complexity index is 379. The largest absolute Gasteiger partial charge is 0.389 e. The van der Waals surface area contributed by atoms with Crippen molar-refractivity contribution in [3.63, 3.8) is 0 Å². The molecule has 0 spiro atoms. The van der Waals surface area contributed by atoms with Crippen LogP contribution in [0.15, 0.2) is 24.3 Å². The highest BCUT2D eigenvalue weighted by molar-refractivity contribution is 7.98. The summed E-state index contributed by atoms with van der Waals surface area (Å²) >= 11 is 1.79. The fourth-order valence-corrected chi connectivity index (χ4v) is 2.56. The molecule has 1 aromatic carbocycles. The van der Waals surface area contributed by atoms with Gasteiger partial charge in [0.1, 0.15) is 5.82 Å². The van der Waals surface area contributed by atoms with E-state index < -0.39 is 6.10 Å². The first-order valence-electron chi connectivity index (χ1n) is 6.88. The van der Waals surface area contributed by atoms with Crippen molar-refractivity contribution in [2.45, 2.75) is 32.1 Å². The Morgan fingerprint density at radius 1 is 1.40 bits per heavy atom. The number of aliphatic hydroxyl groups excluding tert-OH is 1. The zero-order valence-corrected chi connectivity index (χ0v) is 13.0. The van der Waals surface area contributed by atoms with Gasteiger partial charge in [-0.2, -0.15) is 11.8 Å². The van der Waals surface area contributed by atoms with Gasteiger partial charge in [0, 0.05) is 23.9 Å². The summed E-state index contributed by atoms with van der Waals surface area (Å²) in [5, 5.41) is 13.1. The minimum atomic E-state index is -0.572. The molecule has 0 radical (unpaired) electrons. The molecule has 0 amide bonds. The standard InChI is InChI=1S/C15H24FNO2S/c1-3-13(11-20-2)17-8-14(18)10-19-9-12-6-4-5-7-15(12)16/h4-7,13-14,17-18H,3,8-11H2,1-2H3. The van der Waals surface area contributed by atoms with Gasteiger partial charge in [-0.25, -0.2) is 4.39 Å². The Kier molecular flexibility index (Phi) is 8.85. The van der Waals surface area contributed by atoms with E-state index in [4.69, 9.17) is 4.74 Å². The van der Waals surface area contributed by atoms with E-state index in [9.17, 15) is 9.50 Å². The van der Waals surface area contributed by atoms with Crippen LogP contribution in [0.4, 0.5) is 4.39 Å². The van der Waals surface area contributed by atoms with Gasteiger partial charge in [0.25, 0.3) is 0 Å². The zero-order chi connectivity index (χ0) is 14.8. The molecule has 3 nitrogen and oxygen atoms in total. The molecule has 114 valence electrons. The summed E-state index contributed by atoms with van der Waals surface area (Å²) in [4.78, 5) is 0. The van der Waals surface area contributed by atoms with Crippen LogP contribution in [0.3, 0.4) is 0 Å². The topological polar surface area (TPSA) is 41.5 Å². The van der Waals surface area contributed by atoms with Gasteiger partial charge in [-0.05, 0) is 18.7 Å². The fraction of sp³-hybridized carbons (Fsp3) is 0.600. The molecule has 0 bridgehead atoms. The smallest absolute Gasteiger partial charge is 0.128 e. The Morgan fingerprint density at radius 3 is 2.80 bits per heavy atom. The molecule has 5 heteroatoms. The second-order valence-corrected chi connectivity index (χ2v) is 5.64. The maximum atomic E-state index is 13.3. The first-order chi connectivity index (χ1) is 9.67. The average molecular weight is 301 g/mol. The van der Waals surface area contributed by atoms with Crippen molar-refractivity contribution >= 4 is 11.8 Å². The Balaban J connectivity index is 2.20. The van der Waals surface area contributed by atoms with Gasteiger partial charge in [0.15, 0.2) is 0 Å². The third kappa shape index (κ3) is 6.70. The van der Waals surface area contributed by atoms with Crippen LogP contribution in [0.1, 0.15) is 18.9 Å². The van der Waals surface area contributed by atoms with Gasteiger partial charge in [0.2, 0.25) is 0 Å². The molecule has 0 aromatic heterocycles. The van der Waals surface area contributed by atoms with E-state index in [0.29, 0.717) is 18.2 Å². The second kappa shape index (κ2) is 10.2. The predicted octanol–water partition coefficient (Wildman–Crippen LogP) is 2.43. The number of halogens is 1. The molecule has 2 unspecified atom stereocenters. The van der Waals surface area contributed by atoms with Crippen molar-refractivity contribution in [1.82, 2.24) is 5.32 Å². The van der Waals surface area contributed by atoms with E-state index in [-0.39, 0.29) is 19.0 Å². The van der Waals surface area contributed by atoms with E-state index in [1.165, 1.54) is 6.07 Å². The second-order valence-electron chi connectivity index (χ2n) is 4.73. The first kappa shape index (κ1) is 17.4. The van der Waals surface area contributed by atoms with E-state index >= 15 is 0 Å². The van der Waals surface area contributed by atoms with Crippen LogP contribution in [0.25, 0.3) is 0 Å². The average Bonchev–Trinajstić information content (AvgIpc) is 2.45. The molecule has 1 rings (SSSR count). The molecule has 0 aliphatic heterocycles. The van der Waals surface area contributed by atoms with Gasteiger partial charge in [0.05, 0.1) is 19.3 Å². The third-order valence-corrected chi connectivity index (χ3v) is 3.76. The molecule has 2 N–H and O–H groups in total. The summed E-state index contributed by atoms with van der Waals surface area (Å²) in [6.45, 7) is 3.01. The highest BCUT2D eigenvalue weighted by atomic mass is 32.2. The van der Waals surface area contributed by atoms with Crippen molar-refractivity contribution in [1.29, 1.82) is 0 Å².